The number of aromatic nitrogens is 3. The van der Waals surface area contributed by atoms with Crippen molar-refractivity contribution in [2.45, 2.75) is 0 Å². The van der Waals surface area contributed by atoms with Crippen molar-refractivity contribution in [3.63, 3.8) is 0 Å². The van der Waals surface area contributed by atoms with Gasteiger partial charge in [-0.05, 0) is 48.5 Å². The van der Waals surface area contributed by atoms with Crippen LogP contribution in [0.15, 0.2) is 152 Å². The van der Waals surface area contributed by atoms with Crippen molar-refractivity contribution in [1.82, 2.24) is 14.5 Å². The highest BCUT2D eigenvalue weighted by Gasteiger charge is 2.19. The van der Waals surface area contributed by atoms with Crippen LogP contribution in [0.5, 0.6) is 0 Å². The number of hydrogen-bond donors (Lipinski definition) is 0. The molecule has 9 rings (SSSR count). The Hall–Kier alpha value is -5.80. The van der Waals surface area contributed by atoms with Crippen molar-refractivity contribution in [3.8, 4) is 28.2 Å². The van der Waals surface area contributed by atoms with Gasteiger partial charge in [0.25, 0.3) is 0 Å². The summed E-state index contributed by atoms with van der Waals surface area (Å²) < 4.78 is 2.38. The van der Waals surface area contributed by atoms with Gasteiger partial charge >= 0.3 is 0 Å². The van der Waals surface area contributed by atoms with E-state index in [4.69, 9.17) is 9.97 Å². The molecule has 43 heavy (non-hydrogen) atoms. The first-order valence-electron chi connectivity index (χ1n) is 14.6. The minimum atomic E-state index is 0.957. The fourth-order valence-corrected chi connectivity index (χ4v) is 6.63. The fourth-order valence-electron chi connectivity index (χ4n) is 6.63. The van der Waals surface area contributed by atoms with Gasteiger partial charge in [-0.2, -0.15) is 0 Å². The normalized spacial score (nSPS) is 11.7. The van der Waals surface area contributed by atoms with E-state index in [-0.39, 0.29) is 0 Å². The third kappa shape index (κ3) is 3.68. The van der Waals surface area contributed by atoms with Crippen molar-refractivity contribution >= 4 is 54.4 Å². The molecule has 0 bridgehead atoms. The summed E-state index contributed by atoms with van der Waals surface area (Å²) in [4.78, 5) is 10.3. The molecule has 0 N–H and O–H groups in total. The lowest BCUT2D eigenvalue weighted by molar-refractivity contribution is 1.18. The highest BCUT2D eigenvalue weighted by Crippen LogP contribution is 2.42. The van der Waals surface area contributed by atoms with Gasteiger partial charge in [0.2, 0.25) is 0 Å². The summed E-state index contributed by atoms with van der Waals surface area (Å²) in [6.45, 7) is 0. The lowest BCUT2D eigenvalue weighted by Crippen LogP contribution is -1.94. The summed E-state index contributed by atoms with van der Waals surface area (Å²) >= 11 is 0. The molecular formula is C40H25N3. The van der Waals surface area contributed by atoms with E-state index < -0.39 is 0 Å². The average Bonchev–Trinajstić information content (AvgIpc) is 3.42. The maximum Gasteiger partial charge on any atom is 0.0788 e. The van der Waals surface area contributed by atoms with Gasteiger partial charge in [0, 0.05) is 49.1 Å². The van der Waals surface area contributed by atoms with Gasteiger partial charge in [0.15, 0.2) is 0 Å². The predicted molar refractivity (Wildman–Crippen MR) is 180 cm³/mol. The van der Waals surface area contributed by atoms with E-state index in [9.17, 15) is 0 Å². The van der Waals surface area contributed by atoms with Crippen LogP contribution in [-0.2, 0) is 0 Å². The van der Waals surface area contributed by atoms with Crippen molar-refractivity contribution in [2.75, 3.05) is 0 Å². The highest BCUT2D eigenvalue weighted by molar-refractivity contribution is 6.29. The van der Waals surface area contributed by atoms with E-state index in [1.54, 1.807) is 0 Å². The molecule has 0 radical (unpaired) electrons. The molecule has 3 heteroatoms. The Morgan fingerprint density at radius 2 is 1.16 bits per heavy atom. The SMILES string of the molecule is c1ccc(-n2c3ccccc3c3c4c(ccc32)c(-c2cccc(-c3ccc5ccccc5n3)c2)nc2ccccc24)cc1. The van der Waals surface area contributed by atoms with Gasteiger partial charge in [-0.15, -0.1) is 0 Å². The molecule has 200 valence electrons. The Morgan fingerprint density at radius 3 is 2.07 bits per heavy atom. The van der Waals surface area contributed by atoms with Crippen molar-refractivity contribution < 1.29 is 0 Å². The van der Waals surface area contributed by atoms with Crippen LogP contribution >= 0.6 is 0 Å². The predicted octanol–water partition coefficient (Wildman–Crippen LogP) is 10.4. The highest BCUT2D eigenvalue weighted by atomic mass is 15.0. The molecule has 3 aromatic heterocycles. The number of benzene rings is 6. The number of pyridine rings is 2. The Morgan fingerprint density at radius 1 is 0.419 bits per heavy atom. The molecule has 6 aromatic carbocycles. The van der Waals surface area contributed by atoms with E-state index >= 15 is 0 Å². The van der Waals surface area contributed by atoms with Gasteiger partial charge in [-0.1, -0.05) is 103 Å². The number of hydrogen-bond acceptors (Lipinski definition) is 2. The molecule has 0 spiro atoms. The van der Waals surface area contributed by atoms with E-state index in [2.05, 4.69) is 150 Å². The zero-order valence-corrected chi connectivity index (χ0v) is 23.3. The molecule has 3 heterocycles. The maximum atomic E-state index is 5.28. The first-order chi connectivity index (χ1) is 21.3. The van der Waals surface area contributed by atoms with Crippen molar-refractivity contribution in [1.29, 1.82) is 0 Å². The van der Waals surface area contributed by atoms with Gasteiger partial charge < -0.3 is 4.57 Å². The summed E-state index contributed by atoms with van der Waals surface area (Å²) in [6, 6.07) is 53.6. The van der Waals surface area contributed by atoms with E-state index in [1.807, 2.05) is 6.07 Å². The minimum absolute atomic E-state index is 0.957. The van der Waals surface area contributed by atoms with E-state index in [0.717, 1.165) is 55.4 Å². The van der Waals surface area contributed by atoms with Crippen LogP contribution in [0.3, 0.4) is 0 Å². The molecule has 0 aliphatic rings. The third-order valence-corrected chi connectivity index (χ3v) is 8.54. The monoisotopic (exact) mass is 547 g/mol. The Balaban J connectivity index is 1.36. The molecule has 9 aromatic rings. The van der Waals surface area contributed by atoms with E-state index in [0.29, 0.717) is 0 Å². The second kappa shape index (κ2) is 9.37. The molecule has 0 aliphatic heterocycles. The zero-order chi connectivity index (χ0) is 28.3. The van der Waals surface area contributed by atoms with Crippen LogP contribution in [0.4, 0.5) is 0 Å². The topological polar surface area (TPSA) is 30.7 Å². The standard InChI is InChI=1S/C40H25N3/c1-2-14-29(15-3-1)43-36-20-9-6-17-31(36)39-37(43)24-22-32-38(39)30-16-5-8-19-35(30)42-40(32)28-13-10-12-27(25-28)34-23-21-26-11-4-7-18-33(26)41-34/h1-25H. The summed E-state index contributed by atoms with van der Waals surface area (Å²) in [5.41, 5.74) is 9.62. The lowest BCUT2D eigenvalue weighted by atomic mass is 9.95. The Kier molecular flexibility index (Phi) is 5.20. The summed E-state index contributed by atoms with van der Waals surface area (Å²) in [5, 5.41) is 7.18. The summed E-state index contributed by atoms with van der Waals surface area (Å²) in [5.74, 6) is 0. The largest absolute Gasteiger partial charge is 0.309 e. The maximum absolute atomic E-state index is 5.28. The second-order valence-corrected chi connectivity index (χ2v) is 11.0. The van der Waals surface area contributed by atoms with Crippen LogP contribution in [0.1, 0.15) is 0 Å². The molecule has 0 amide bonds. The fraction of sp³-hybridized carbons (Fsp3) is 0. The first-order valence-corrected chi connectivity index (χ1v) is 14.6. The molecule has 0 saturated heterocycles. The molecule has 0 unspecified atom stereocenters. The molecule has 3 nitrogen and oxygen atoms in total. The van der Waals surface area contributed by atoms with Crippen LogP contribution in [0.2, 0.25) is 0 Å². The summed E-state index contributed by atoms with van der Waals surface area (Å²) in [6.07, 6.45) is 0. The van der Waals surface area contributed by atoms with Crippen LogP contribution < -0.4 is 0 Å². The van der Waals surface area contributed by atoms with Gasteiger partial charge in [-0.3, -0.25) is 0 Å². The van der Waals surface area contributed by atoms with Gasteiger partial charge in [0.05, 0.1) is 33.5 Å². The molecule has 0 atom stereocenters. The van der Waals surface area contributed by atoms with Crippen LogP contribution in [0.25, 0.3) is 82.6 Å². The van der Waals surface area contributed by atoms with E-state index in [1.165, 1.54) is 27.2 Å². The molecular weight excluding hydrogens is 522 g/mol. The summed E-state index contributed by atoms with van der Waals surface area (Å²) in [7, 11) is 0. The first kappa shape index (κ1) is 23.9. The number of rotatable bonds is 3. The van der Waals surface area contributed by atoms with Crippen LogP contribution in [-0.4, -0.2) is 14.5 Å². The van der Waals surface area contributed by atoms with Gasteiger partial charge in [-0.25, -0.2) is 9.97 Å². The van der Waals surface area contributed by atoms with Crippen molar-refractivity contribution in [2.24, 2.45) is 0 Å². The smallest absolute Gasteiger partial charge is 0.0788 e. The minimum Gasteiger partial charge on any atom is -0.309 e. The zero-order valence-electron chi connectivity index (χ0n) is 23.3. The Bertz CT molecular complexity index is 2510. The van der Waals surface area contributed by atoms with Crippen LogP contribution in [0, 0.1) is 0 Å². The molecule has 0 aliphatic carbocycles. The van der Waals surface area contributed by atoms with Gasteiger partial charge in [0.1, 0.15) is 0 Å². The Labute approximate surface area is 248 Å². The lowest BCUT2D eigenvalue weighted by Gasteiger charge is -2.13. The molecule has 0 fully saturated rings. The molecule has 0 saturated carbocycles. The third-order valence-electron chi connectivity index (χ3n) is 8.54. The number of nitrogens with zero attached hydrogens (tertiary/aromatic N) is 3. The number of fused-ring (bicyclic) bond motifs is 8. The van der Waals surface area contributed by atoms with Crippen molar-refractivity contribution in [3.05, 3.63) is 152 Å². The second-order valence-electron chi connectivity index (χ2n) is 11.0. The quantitative estimate of drug-likeness (QED) is 0.206. The average molecular weight is 548 g/mol. The number of para-hydroxylation sites is 4.